The summed E-state index contributed by atoms with van der Waals surface area (Å²) in [5, 5.41) is 8.74. The molecule has 0 atom stereocenters. The molecular formula is C14H16N2O3. The average Bonchev–Trinajstić information content (AvgIpc) is 2.85. The van der Waals surface area contributed by atoms with Gasteiger partial charge in [0.25, 0.3) is 0 Å². The maximum absolute atomic E-state index is 10.7. The topological polar surface area (TPSA) is 75.2 Å². The maximum atomic E-state index is 10.7. The van der Waals surface area contributed by atoms with Crippen LogP contribution in [0.15, 0.2) is 24.4 Å². The van der Waals surface area contributed by atoms with Crippen LogP contribution in [-0.4, -0.2) is 28.2 Å². The normalized spacial score (nSPS) is 10.4. The van der Waals surface area contributed by atoms with Crippen molar-refractivity contribution >= 4 is 5.97 Å². The molecule has 0 fully saturated rings. The van der Waals surface area contributed by atoms with E-state index in [-0.39, 0.29) is 6.42 Å². The van der Waals surface area contributed by atoms with Crippen LogP contribution in [0.2, 0.25) is 0 Å². The van der Waals surface area contributed by atoms with Crippen molar-refractivity contribution in [2.24, 2.45) is 0 Å². The van der Waals surface area contributed by atoms with Crippen LogP contribution in [0, 0.1) is 0 Å². The number of aromatic amines is 1. The standard InChI is InChI=1S/C14H16N2O3/c1-3-9-4-5-12(19-2)10(6-9)11-8-15-13(16-11)7-14(17)18/h4-6,8H,3,7H2,1-2H3,(H,15,16)(H,17,18). The molecule has 100 valence electrons. The smallest absolute Gasteiger partial charge is 0.311 e. The maximum Gasteiger partial charge on any atom is 0.311 e. The molecule has 2 aromatic rings. The van der Waals surface area contributed by atoms with Crippen molar-refractivity contribution in [3.63, 3.8) is 0 Å². The molecule has 0 unspecified atom stereocenters. The number of carboxylic acids is 1. The summed E-state index contributed by atoms with van der Waals surface area (Å²) >= 11 is 0. The van der Waals surface area contributed by atoms with Gasteiger partial charge in [0.1, 0.15) is 18.0 Å². The van der Waals surface area contributed by atoms with Crippen LogP contribution in [0.4, 0.5) is 0 Å². The lowest BCUT2D eigenvalue weighted by molar-refractivity contribution is -0.136. The molecule has 0 saturated heterocycles. The van der Waals surface area contributed by atoms with E-state index in [1.165, 1.54) is 5.56 Å². The fourth-order valence-corrected chi connectivity index (χ4v) is 1.92. The molecule has 2 rings (SSSR count). The highest BCUT2D eigenvalue weighted by molar-refractivity contribution is 5.71. The number of rotatable bonds is 5. The Morgan fingerprint density at radius 2 is 2.26 bits per heavy atom. The molecule has 1 aromatic heterocycles. The first-order valence-corrected chi connectivity index (χ1v) is 6.07. The zero-order valence-corrected chi connectivity index (χ0v) is 10.9. The summed E-state index contributed by atoms with van der Waals surface area (Å²) < 4.78 is 5.33. The highest BCUT2D eigenvalue weighted by Crippen LogP contribution is 2.29. The van der Waals surface area contributed by atoms with Crippen LogP contribution in [-0.2, 0) is 17.6 Å². The summed E-state index contributed by atoms with van der Waals surface area (Å²) in [5.41, 5.74) is 2.85. The van der Waals surface area contributed by atoms with Gasteiger partial charge in [-0.15, -0.1) is 0 Å². The number of aliphatic carboxylic acids is 1. The van der Waals surface area contributed by atoms with E-state index >= 15 is 0 Å². The molecule has 19 heavy (non-hydrogen) atoms. The molecule has 2 N–H and O–H groups in total. The Labute approximate surface area is 111 Å². The molecule has 5 nitrogen and oxygen atoms in total. The third-order valence-corrected chi connectivity index (χ3v) is 2.91. The number of H-pyrrole nitrogens is 1. The third kappa shape index (κ3) is 2.93. The van der Waals surface area contributed by atoms with E-state index < -0.39 is 5.97 Å². The van der Waals surface area contributed by atoms with Gasteiger partial charge in [-0.3, -0.25) is 4.79 Å². The Balaban J connectivity index is 2.39. The van der Waals surface area contributed by atoms with Crippen LogP contribution in [0.5, 0.6) is 5.75 Å². The number of imidazole rings is 1. The van der Waals surface area contributed by atoms with Gasteiger partial charge >= 0.3 is 5.97 Å². The number of aryl methyl sites for hydroxylation is 1. The van der Waals surface area contributed by atoms with E-state index in [1.54, 1.807) is 13.3 Å². The second-order valence-electron chi connectivity index (χ2n) is 4.20. The molecule has 0 radical (unpaired) electrons. The second kappa shape index (κ2) is 5.56. The zero-order chi connectivity index (χ0) is 13.8. The highest BCUT2D eigenvalue weighted by Gasteiger charge is 2.11. The number of carboxylic acid groups (broad SMARTS) is 1. The number of hydrogen-bond donors (Lipinski definition) is 2. The Bertz CT molecular complexity index is 590. The van der Waals surface area contributed by atoms with E-state index in [2.05, 4.69) is 16.9 Å². The summed E-state index contributed by atoms with van der Waals surface area (Å²) in [4.78, 5) is 17.7. The fraction of sp³-hybridized carbons (Fsp3) is 0.286. The van der Waals surface area contributed by atoms with Gasteiger partial charge in [0.15, 0.2) is 0 Å². The van der Waals surface area contributed by atoms with E-state index in [0.717, 1.165) is 23.4 Å². The number of carbonyl (C=O) groups is 1. The predicted molar refractivity (Wildman–Crippen MR) is 71.3 cm³/mol. The molecule has 0 spiro atoms. The number of benzene rings is 1. The lowest BCUT2D eigenvalue weighted by Gasteiger charge is -2.08. The van der Waals surface area contributed by atoms with Gasteiger partial charge in [-0.2, -0.15) is 0 Å². The van der Waals surface area contributed by atoms with Crippen LogP contribution in [0.3, 0.4) is 0 Å². The van der Waals surface area contributed by atoms with Crippen LogP contribution < -0.4 is 4.74 Å². The SMILES string of the molecule is CCc1ccc(OC)c(-c2cnc(CC(=O)O)[nH]2)c1. The molecule has 0 aliphatic rings. The van der Waals surface area contributed by atoms with Crippen molar-refractivity contribution < 1.29 is 14.6 Å². The van der Waals surface area contributed by atoms with Crippen molar-refractivity contribution in [2.75, 3.05) is 7.11 Å². The molecule has 0 bridgehead atoms. The first-order valence-electron chi connectivity index (χ1n) is 6.07. The summed E-state index contributed by atoms with van der Waals surface area (Å²) in [6.45, 7) is 2.08. The van der Waals surface area contributed by atoms with Crippen LogP contribution in [0.1, 0.15) is 18.3 Å². The van der Waals surface area contributed by atoms with Crippen molar-refractivity contribution in [2.45, 2.75) is 19.8 Å². The van der Waals surface area contributed by atoms with Crippen molar-refractivity contribution in [3.05, 3.63) is 35.8 Å². The summed E-state index contributed by atoms with van der Waals surface area (Å²) in [5.74, 6) is 0.268. The number of nitrogens with one attached hydrogen (secondary N) is 1. The first kappa shape index (κ1) is 13.1. The first-order chi connectivity index (χ1) is 9.13. The van der Waals surface area contributed by atoms with Crippen molar-refractivity contribution in [1.29, 1.82) is 0 Å². The highest BCUT2D eigenvalue weighted by atomic mass is 16.5. The van der Waals surface area contributed by atoms with Gasteiger partial charge in [0.2, 0.25) is 0 Å². The number of aromatic nitrogens is 2. The lowest BCUT2D eigenvalue weighted by atomic mass is 10.1. The summed E-state index contributed by atoms with van der Waals surface area (Å²) in [6.07, 6.45) is 2.44. The van der Waals surface area contributed by atoms with Gasteiger partial charge < -0.3 is 14.8 Å². The monoisotopic (exact) mass is 260 g/mol. The van der Waals surface area contributed by atoms with Gasteiger partial charge in [-0.05, 0) is 24.1 Å². The molecular weight excluding hydrogens is 244 g/mol. The molecule has 1 heterocycles. The molecule has 5 heteroatoms. The number of nitrogens with zero attached hydrogens (tertiary/aromatic N) is 1. The zero-order valence-electron chi connectivity index (χ0n) is 10.9. The van der Waals surface area contributed by atoms with Crippen LogP contribution in [0.25, 0.3) is 11.3 Å². The van der Waals surface area contributed by atoms with Gasteiger partial charge in [0.05, 0.1) is 19.0 Å². The second-order valence-corrected chi connectivity index (χ2v) is 4.20. The molecule has 1 aromatic carbocycles. The van der Waals surface area contributed by atoms with Crippen molar-refractivity contribution in [1.82, 2.24) is 9.97 Å². The molecule has 0 saturated carbocycles. The molecule has 0 aliphatic carbocycles. The Hall–Kier alpha value is -2.30. The minimum atomic E-state index is -0.907. The van der Waals surface area contributed by atoms with E-state index in [9.17, 15) is 4.79 Å². The third-order valence-electron chi connectivity index (χ3n) is 2.91. The fourth-order valence-electron chi connectivity index (χ4n) is 1.92. The van der Waals surface area contributed by atoms with E-state index in [0.29, 0.717) is 5.82 Å². The van der Waals surface area contributed by atoms with Gasteiger partial charge in [-0.25, -0.2) is 4.98 Å². The van der Waals surface area contributed by atoms with Gasteiger partial charge in [0, 0.05) is 5.56 Å². The van der Waals surface area contributed by atoms with Gasteiger partial charge in [-0.1, -0.05) is 13.0 Å². The average molecular weight is 260 g/mol. The largest absolute Gasteiger partial charge is 0.496 e. The number of hydrogen-bond acceptors (Lipinski definition) is 3. The Morgan fingerprint density at radius 3 is 2.89 bits per heavy atom. The lowest BCUT2D eigenvalue weighted by Crippen LogP contribution is -2.01. The quantitative estimate of drug-likeness (QED) is 0.864. The summed E-state index contributed by atoms with van der Waals surface area (Å²) in [7, 11) is 1.61. The minimum absolute atomic E-state index is 0.115. The molecule has 0 aliphatic heterocycles. The van der Waals surface area contributed by atoms with E-state index in [4.69, 9.17) is 9.84 Å². The van der Waals surface area contributed by atoms with Crippen LogP contribution >= 0.6 is 0 Å². The summed E-state index contributed by atoms with van der Waals surface area (Å²) in [6, 6.07) is 5.94. The molecule has 0 amide bonds. The van der Waals surface area contributed by atoms with E-state index in [1.807, 2.05) is 18.2 Å². The van der Waals surface area contributed by atoms with Crippen molar-refractivity contribution in [3.8, 4) is 17.0 Å². The predicted octanol–water partition coefficient (Wildman–Crippen LogP) is 2.27. The number of ether oxygens (including phenoxy) is 1. The Kier molecular flexibility index (Phi) is 3.85. The number of methoxy groups -OCH3 is 1. The minimum Gasteiger partial charge on any atom is -0.496 e. The Morgan fingerprint density at radius 1 is 1.47 bits per heavy atom.